The van der Waals surface area contributed by atoms with Crippen molar-refractivity contribution in [3.05, 3.63) is 93.8 Å². The first-order valence-electron chi connectivity index (χ1n) is 9.62. The Morgan fingerprint density at radius 1 is 0.933 bits per heavy atom. The van der Waals surface area contributed by atoms with Crippen molar-refractivity contribution in [1.82, 2.24) is 4.68 Å². The second kappa shape index (κ2) is 7.07. The van der Waals surface area contributed by atoms with Gasteiger partial charge < -0.3 is 5.32 Å². The minimum absolute atomic E-state index is 0.274. The third-order valence-electron chi connectivity index (χ3n) is 5.20. The lowest BCUT2D eigenvalue weighted by Gasteiger charge is -2.23. The van der Waals surface area contributed by atoms with Gasteiger partial charge in [0.05, 0.1) is 16.9 Å². The predicted molar refractivity (Wildman–Crippen MR) is 122 cm³/mol. The predicted octanol–water partition coefficient (Wildman–Crippen LogP) is 5.21. The third kappa shape index (κ3) is 3.15. The van der Waals surface area contributed by atoms with Gasteiger partial charge in [0.1, 0.15) is 0 Å². The second-order valence-electron chi connectivity index (χ2n) is 7.40. The van der Waals surface area contributed by atoms with E-state index in [1.54, 1.807) is 42.1 Å². The zero-order valence-electron chi connectivity index (χ0n) is 16.5. The van der Waals surface area contributed by atoms with Gasteiger partial charge in [-0.2, -0.15) is 0 Å². The molecule has 0 radical (unpaired) electrons. The van der Waals surface area contributed by atoms with Crippen LogP contribution in [0, 0.1) is 13.8 Å². The first-order valence-corrected chi connectivity index (χ1v) is 10.4. The average Bonchev–Trinajstić information content (AvgIpc) is 2.74. The topological polar surface area (TPSA) is 63.1 Å². The quantitative estimate of drug-likeness (QED) is 0.417. The average molecular weight is 414 g/mol. The number of amides is 1. The van der Waals surface area contributed by atoms with E-state index in [1.807, 2.05) is 19.1 Å². The molecule has 1 aliphatic rings. The Morgan fingerprint density at radius 3 is 2.50 bits per heavy atom. The number of anilines is 2. The van der Waals surface area contributed by atoms with E-state index in [0.717, 1.165) is 32.1 Å². The molecule has 1 aliphatic heterocycles. The lowest BCUT2D eigenvalue weighted by atomic mass is 10.1. The Balaban J connectivity index is 1.63. The van der Waals surface area contributed by atoms with Crippen molar-refractivity contribution in [2.24, 2.45) is 0 Å². The van der Waals surface area contributed by atoms with Gasteiger partial charge in [0.25, 0.3) is 11.5 Å². The molecule has 1 amide bonds. The van der Waals surface area contributed by atoms with Crippen molar-refractivity contribution in [3.8, 4) is 0 Å². The number of fused-ring (bicyclic) bond motifs is 3. The smallest absolute Gasteiger partial charge is 0.270 e. The summed E-state index contributed by atoms with van der Waals surface area (Å²) in [6, 6.07) is 20.8. The molecule has 0 saturated heterocycles. The Morgan fingerprint density at radius 2 is 1.70 bits per heavy atom. The largest absolute Gasteiger partial charge is 0.354 e. The van der Waals surface area contributed by atoms with E-state index in [2.05, 4.69) is 41.9 Å². The van der Waals surface area contributed by atoms with Crippen LogP contribution in [-0.4, -0.2) is 10.6 Å². The number of nitrogens with zero attached hydrogens (tertiary/aromatic N) is 1. The fraction of sp³-hybridized carbons (Fsp3) is 0.0833. The summed E-state index contributed by atoms with van der Waals surface area (Å²) in [4.78, 5) is 27.7. The van der Waals surface area contributed by atoms with Gasteiger partial charge in [0.2, 0.25) is 0 Å². The molecule has 3 aromatic carbocycles. The summed E-state index contributed by atoms with van der Waals surface area (Å²) >= 11 is 1.70. The molecular weight excluding hydrogens is 394 g/mol. The summed E-state index contributed by atoms with van der Waals surface area (Å²) in [5.41, 5.74) is 7.65. The molecule has 0 aliphatic carbocycles. The van der Waals surface area contributed by atoms with Crippen molar-refractivity contribution in [2.45, 2.75) is 23.6 Å². The molecule has 0 unspecified atom stereocenters. The number of carbonyl (C=O) groups is 1. The molecule has 0 saturated carbocycles. The van der Waals surface area contributed by atoms with Crippen molar-refractivity contribution in [1.29, 1.82) is 0 Å². The van der Waals surface area contributed by atoms with E-state index >= 15 is 0 Å². The van der Waals surface area contributed by atoms with Gasteiger partial charge in [-0.25, -0.2) is 4.68 Å². The summed E-state index contributed by atoms with van der Waals surface area (Å²) in [7, 11) is 0. The van der Waals surface area contributed by atoms with E-state index in [0.29, 0.717) is 11.1 Å². The van der Waals surface area contributed by atoms with Crippen molar-refractivity contribution < 1.29 is 4.79 Å². The summed E-state index contributed by atoms with van der Waals surface area (Å²) in [5.74, 6) is -0.330. The highest BCUT2D eigenvalue weighted by Gasteiger charge is 2.19. The molecule has 6 heteroatoms. The lowest BCUT2D eigenvalue weighted by Crippen LogP contribution is -2.33. The van der Waals surface area contributed by atoms with Crippen LogP contribution in [0.25, 0.3) is 10.9 Å². The third-order valence-corrected chi connectivity index (χ3v) is 6.33. The minimum atomic E-state index is -0.330. The molecule has 30 heavy (non-hydrogen) atoms. The van der Waals surface area contributed by atoms with Crippen LogP contribution in [0.3, 0.4) is 0 Å². The number of nitrogens with one attached hydrogen (secondary N) is 2. The molecule has 0 bridgehead atoms. The van der Waals surface area contributed by atoms with Crippen LogP contribution in [-0.2, 0) is 0 Å². The number of carbonyl (C=O) groups excluding carboxylic acids is 1. The number of aromatic nitrogens is 1. The van der Waals surface area contributed by atoms with Crippen LogP contribution in [0.2, 0.25) is 0 Å². The summed E-state index contributed by atoms with van der Waals surface area (Å²) < 4.78 is 1.33. The maximum absolute atomic E-state index is 12.8. The molecule has 0 atom stereocenters. The number of hydrogen-bond acceptors (Lipinski definition) is 4. The van der Waals surface area contributed by atoms with Gasteiger partial charge in [0.15, 0.2) is 0 Å². The maximum Gasteiger partial charge on any atom is 0.270 e. The van der Waals surface area contributed by atoms with E-state index in [1.165, 1.54) is 10.2 Å². The van der Waals surface area contributed by atoms with E-state index in [4.69, 9.17) is 0 Å². The highest BCUT2D eigenvalue weighted by Crippen LogP contribution is 2.45. The lowest BCUT2D eigenvalue weighted by molar-refractivity contribution is 0.101. The van der Waals surface area contributed by atoms with Crippen LogP contribution in [0.1, 0.15) is 21.5 Å². The minimum Gasteiger partial charge on any atom is -0.354 e. The van der Waals surface area contributed by atoms with E-state index in [9.17, 15) is 9.59 Å². The zero-order chi connectivity index (χ0) is 20.8. The molecule has 2 N–H and O–H groups in total. The first kappa shape index (κ1) is 18.5. The van der Waals surface area contributed by atoms with Crippen LogP contribution in [0.15, 0.2) is 81.3 Å². The molecule has 0 fully saturated rings. The number of benzene rings is 3. The highest BCUT2D eigenvalue weighted by atomic mass is 32.2. The van der Waals surface area contributed by atoms with Crippen molar-refractivity contribution >= 4 is 39.9 Å². The van der Waals surface area contributed by atoms with Gasteiger partial charge in [-0.15, -0.1) is 0 Å². The molecule has 148 valence electrons. The molecule has 2 heterocycles. The van der Waals surface area contributed by atoms with Crippen LogP contribution < -0.4 is 16.3 Å². The zero-order valence-corrected chi connectivity index (χ0v) is 17.3. The van der Waals surface area contributed by atoms with E-state index < -0.39 is 0 Å². The monoisotopic (exact) mass is 413 g/mol. The SMILES string of the molecule is Cc1ccc2c(c1)Nc1cc3c(cc1S2)c(C)cc(=O)n3NC(=O)c1ccccc1. The molecule has 4 aromatic rings. The van der Waals surface area contributed by atoms with Gasteiger partial charge in [0, 0.05) is 26.8 Å². The maximum atomic E-state index is 12.8. The Labute approximate surface area is 177 Å². The molecule has 0 spiro atoms. The molecule has 5 nitrogen and oxygen atoms in total. The molecular formula is C24H19N3O2S. The number of aryl methyl sites for hydroxylation is 2. The van der Waals surface area contributed by atoms with Crippen LogP contribution >= 0.6 is 11.8 Å². The number of pyridine rings is 1. The first-order chi connectivity index (χ1) is 14.5. The summed E-state index contributed by atoms with van der Waals surface area (Å²) in [6.07, 6.45) is 0. The van der Waals surface area contributed by atoms with Gasteiger partial charge in [-0.3, -0.25) is 15.0 Å². The molecule has 1 aromatic heterocycles. The Hall–Kier alpha value is -3.51. The van der Waals surface area contributed by atoms with Gasteiger partial charge in [-0.05, 0) is 61.4 Å². The summed E-state index contributed by atoms with van der Waals surface area (Å²) in [5, 5.41) is 4.40. The van der Waals surface area contributed by atoms with Gasteiger partial charge in [-0.1, -0.05) is 36.0 Å². The fourth-order valence-corrected chi connectivity index (χ4v) is 4.65. The van der Waals surface area contributed by atoms with Crippen molar-refractivity contribution in [3.63, 3.8) is 0 Å². The normalized spacial score (nSPS) is 12.1. The molecule has 5 rings (SSSR count). The standard InChI is InChI=1S/C24H19N3O2S/c1-14-8-9-21-18(10-14)25-19-13-20-17(12-22(19)30-21)15(2)11-23(28)27(20)26-24(29)16-6-4-3-5-7-16/h3-13,25H,1-2H3,(H,26,29). The number of rotatable bonds is 2. The second-order valence-corrected chi connectivity index (χ2v) is 8.48. The number of hydrogen-bond donors (Lipinski definition) is 2. The Kier molecular flexibility index (Phi) is 4.37. The van der Waals surface area contributed by atoms with Gasteiger partial charge >= 0.3 is 0 Å². The van der Waals surface area contributed by atoms with Crippen LogP contribution in [0.4, 0.5) is 11.4 Å². The summed E-state index contributed by atoms with van der Waals surface area (Å²) in [6.45, 7) is 3.97. The Bertz CT molecular complexity index is 1380. The highest BCUT2D eigenvalue weighted by molar-refractivity contribution is 7.99. The van der Waals surface area contributed by atoms with Crippen molar-refractivity contribution in [2.75, 3.05) is 10.7 Å². The van der Waals surface area contributed by atoms with E-state index in [-0.39, 0.29) is 11.5 Å². The fourth-order valence-electron chi connectivity index (χ4n) is 3.66. The van der Waals surface area contributed by atoms with Crippen LogP contribution in [0.5, 0.6) is 0 Å².